The minimum absolute atomic E-state index is 0.0895. The smallest absolute Gasteiger partial charge is 0.262 e. The number of nitrogens with zero attached hydrogens (tertiary/aromatic N) is 3. The first-order chi connectivity index (χ1) is 17.0. The number of nitrogens with one attached hydrogen (secondary N) is 2. The number of carbonyl (C=O) groups excluding carboxylic acids is 2. The summed E-state index contributed by atoms with van der Waals surface area (Å²) in [6.07, 6.45) is 6.29. The Morgan fingerprint density at radius 3 is 2.89 bits per heavy atom. The average molecular weight is 512 g/mol. The summed E-state index contributed by atoms with van der Waals surface area (Å²) in [5.74, 6) is 0.290. The second-order valence-electron chi connectivity index (χ2n) is 8.42. The Balaban J connectivity index is 1.11. The number of thiazole rings is 1. The zero-order chi connectivity index (χ0) is 24.4. The van der Waals surface area contributed by atoms with Gasteiger partial charge in [0.25, 0.3) is 5.56 Å². The van der Waals surface area contributed by atoms with E-state index in [2.05, 4.69) is 20.6 Å². The van der Waals surface area contributed by atoms with E-state index >= 15 is 0 Å². The van der Waals surface area contributed by atoms with Crippen molar-refractivity contribution in [3.8, 4) is 5.75 Å². The number of methoxy groups -OCH3 is 1. The monoisotopic (exact) mass is 511 g/mol. The molecule has 0 unspecified atom stereocenters. The van der Waals surface area contributed by atoms with E-state index in [0.29, 0.717) is 23.5 Å². The van der Waals surface area contributed by atoms with Crippen molar-refractivity contribution < 1.29 is 14.3 Å². The number of benzene rings is 1. The maximum absolute atomic E-state index is 13.0. The first-order valence-electron chi connectivity index (χ1n) is 11.5. The van der Waals surface area contributed by atoms with E-state index in [1.165, 1.54) is 27.1 Å². The van der Waals surface area contributed by atoms with Crippen molar-refractivity contribution >= 4 is 60.1 Å². The number of carbonyl (C=O) groups is 2. The van der Waals surface area contributed by atoms with Crippen LogP contribution in [0.25, 0.3) is 20.4 Å². The van der Waals surface area contributed by atoms with Crippen molar-refractivity contribution in [3.05, 3.63) is 45.3 Å². The fourth-order valence-electron chi connectivity index (χ4n) is 4.25. The molecule has 2 amide bonds. The predicted octanol–water partition coefficient (Wildman–Crippen LogP) is 3.49. The largest absolute Gasteiger partial charge is 0.497 e. The molecule has 0 aliphatic heterocycles. The number of aromatic nitrogens is 3. The number of rotatable bonds is 8. The second kappa shape index (κ2) is 10.1. The molecule has 9 nitrogen and oxygen atoms in total. The molecule has 0 saturated carbocycles. The third-order valence-electron chi connectivity index (χ3n) is 6.00. The minimum Gasteiger partial charge on any atom is -0.497 e. The van der Waals surface area contributed by atoms with Crippen molar-refractivity contribution in [3.63, 3.8) is 0 Å². The van der Waals surface area contributed by atoms with Crippen LogP contribution in [0.2, 0.25) is 0 Å². The van der Waals surface area contributed by atoms with Crippen LogP contribution in [0.4, 0.5) is 5.13 Å². The molecule has 1 aliphatic carbocycles. The van der Waals surface area contributed by atoms with Crippen LogP contribution >= 0.6 is 22.7 Å². The van der Waals surface area contributed by atoms with Crippen LogP contribution < -0.4 is 20.9 Å². The summed E-state index contributed by atoms with van der Waals surface area (Å²) in [4.78, 5) is 48.5. The van der Waals surface area contributed by atoms with E-state index in [1.54, 1.807) is 18.4 Å². The number of hydrogen-bond donors (Lipinski definition) is 2. The highest BCUT2D eigenvalue weighted by Crippen LogP contribution is 2.33. The van der Waals surface area contributed by atoms with E-state index in [-0.39, 0.29) is 30.3 Å². The topological polar surface area (TPSA) is 115 Å². The van der Waals surface area contributed by atoms with Gasteiger partial charge in [0.1, 0.15) is 17.1 Å². The highest BCUT2D eigenvalue weighted by Gasteiger charge is 2.20. The molecule has 1 aromatic carbocycles. The van der Waals surface area contributed by atoms with E-state index in [9.17, 15) is 14.4 Å². The molecule has 0 saturated heterocycles. The molecule has 35 heavy (non-hydrogen) atoms. The number of ether oxygens (including phenoxy) is 1. The Kier molecular flexibility index (Phi) is 6.78. The molecule has 3 aromatic heterocycles. The molecule has 0 atom stereocenters. The molecule has 0 radical (unpaired) electrons. The van der Waals surface area contributed by atoms with Gasteiger partial charge in [-0.1, -0.05) is 11.3 Å². The third-order valence-corrected chi connectivity index (χ3v) is 8.13. The lowest BCUT2D eigenvalue weighted by atomic mass is 9.97. The summed E-state index contributed by atoms with van der Waals surface area (Å²) < 4.78 is 7.51. The van der Waals surface area contributed by atoms with Crippen LogP contribution in [0, 0.1) is 0 Å². The quantitative estimate of drug-likeness (QED) is 0.350. The molecule has 0 fully saturated rings. The Morgan fingerprint density at radius 1 is 1.17 bits per heavy atom. The summed E-state index contributed by atoms with van der Waals surface area (Å²) in [5.41, 5.74) is 1.75. The Morgan fingerprint density at radius 2 is 2.03 bits per heavy atom. The summed E-state index contributed by atoms with van der Waals surface area (Å²) in [5, 5.41) is 6.79. The zero-order valence-electron chi connectivity index (χ0n) is 19.3. The van der Waals surface area contributed by atoms with Crippen LogP contribution in [0.15, 0.2) is 29.3 Å². The van der Waals surface area contributed by atoms with Crippen molar-refractivity contribution in [1.82, 2.24) is 19.9 Å². The molecular formula is C24H25N5O4S2. The zero-order valence-corrected chi connectivity index (χ0v) is 20.9. The first-order valence-corrected chi connectivity index (χ1v) is 13.2. The standard InChI is InChI=1S/C24H25N5O4S2/c1-33-14-8-9-16-18(11-14)35-24(27-16)28-19(30)7-4-10-25-20(31)12-29-13-26-22-21(23(29)32)15-5-2-3-6-17(15)34-22/h8-9,11,13H,2-7,10,12H2,1H3,(H,25,31)(H,27,28,30). The lowest BCUT2D eigenvalue weighted by Gasteiger charge is -2.10. The number of amides is 2. The van der Waals surface area contributed by atoms with Gasteiger partial charge in [-0.15, -0.1) is 11.3 Å². The van der Waals surface area contributed by atoms with E-state index in [1.807, 2.05) is 18.2 Å². The molecule has 1 aliphatic rings. The summed E-state index contributed by atoms with van der Waals surface area (Å²) in [7, 11) is 1.60. The van der Waals surface area contributed by atoms with Gasteiger partial charge in [-0.2, -0.15) is 0 Å². The van der Waals surface area contributed by atoms with Gasteiger partial charge in [0.05, 0.1) is 29.0 Å². The Labute approximate surface area is 209 Å². The van der Waals surface area contributed by atoms with E-state index < -0.39 is 0 Å². The van der Waals surface area contributed by atoms with Gasteiger partial charge in [-0.25, -0.2) is 9.97 Å². The number of aryl methyl sites for hydroxylation is 2. The van der Waals surface area contributed by atoms with Crippen LogP contribution in [-0.2, 0) is 29.0 Å². The molecule has 182 valence electrons. The van der Waals surface area contributed by atoms with E-state index in [0.717, 1.165) is 52.0 Å². The van der Waals surface area contributed by atoms with Crippen LogP contribution in [0.1, 0.15) is 36.1 Å². The molecular weight excluding hydrogens is 486 g/mol. The molecule has 3 heterocycles. The first kappa shape index (κ1) is 23.4. The minimum atomic E-state index is -0.280. The molecule has 5 rings (SSSR count). The lowest BCUT2D eigenvalue weighted by Crippen LogP contribution is -2.33. The van der Waals surface area contributed by atoms with Crippen molar-refractivity contribution in [2.24, 2.45) is 0 Å². The second-order valence-corrected chi connectivity index (χ2v) is 10.5. The normalized spacial score (nSPS) is 13.1. The molecule has 0 bridgehead atoms. The summed E-state index contributed by atoms with van der Waals surface area (Å²) in [6, 6.07) is 5.55. The van der Waals surface area contributed by atoms with Crippen molar-refractivity contribution in [2.75, 3.05) is 19.0 Å². The lowest BCUT2D eigenvalue weighted by molar-refractivity contribution is -0.122. The maximum atomic E-state index is 13.0. The Hall–Kier alpha value is -3.31. The van der Waals surface area contributed by atoms with Gasteiger partial charge in [-0.3, -0.25) is 19.0 Å². The fourth-order valence-corrected chi connectivity index (χ4v) is 6.38. The van der Waals surface area contributed by atoms with Gasteiger partial charge in [0.2, 0.25) is 11.8 Å². The van der Waals surface area contributed by atoms with Crippen LogP contribution in [0.5, 0.6) is 5.75 Å². The van der Waals surface area contributed by atoms with Crippen LogP contribution in [0.3, 0.4) is 0 Å². The van der Waals surface area contributed by atoms with Crippen LogP contribution in [-0.4, -0.2) is 40.0 Å². The number of anilines is 1. The van der Waals surface area contributed by atoms with Gasteiger partial charge in [0.15, 0.2) is 5.13 Å². The predicted molar refractivity (Wildman–Crippen MR) is 138 cm³/mol. The third kappa shape index (κ3) is 5.06. The Bertz CT molecular complexity index is 1470. The summed E-state index contributed by atoms with van der Waals surface area (Å²) >= 11 is 2.97. The number of fused-ring (bicyclic) bond motifs is 4. The van der Waals surface area contributed by atoms with Crippen molar-refractivity contribution in [2.45, 2.75) is 45.1 Å². The van der Waals surface area contributed by atoms with Gasteiger partial charge in [0, 0.05) is 17.8 Å². The van der Waals surface area contributed by atoms with E-state index in [4.69, 9.17) is 4.74 Å². The summed E-state index contributed by atoms with van der Waals surface area (Å²) in [6.45, 7) is 0.245. The number of thiophene rings is 1. The molecule has 0 spiro atoms. The molecule has 11 heteroatoms. The maximum Gasteiger partial charge on any atom is 0.262 e. The molecule has 2 N–H and O–H groups in total. The highest BCUT2D eigenvalue weighted by molar-refractivity contribution is 7.22. The highest BCUT2D eigenvalue weighted by atomic mass is 32.1. The SMILES string of the molecule is COc1ccc2nc(NC(=O)CCCNC(=O)Cn3cnc4sc5c(c4c3=O)CCCC5)sc2c1. The van der Waals surface area contributed by atoms with Gasteiger partial charge in [-0.05, 0) is 55.9 Å². The number of hydrogen-bond acceptors (Lipinski definition) is 8. The van der Waals surface area contributed by atoms with Gasteiger partial charge >= 0.3 is 0 Å². The van der Waals surface area contributed by atoms with Crippen molar-refractivity contribution in [1.29, 1.82) is 0 Å². The fraction of sp³-hybridized carbons (Fsp3) is 0.375. The average Bonchev–Trinajstić information content (AvgIpc) is 3.43. The van der Waals surface area contributed by atoms with Gasteiger partial charge < -0.3 is 15.4 Å². The molecule has 4 aromatic rings.